The smallest absolute Gasteiger partial charge is 0.0172 e. The van der Waals surface area contributed by atoms with Gasteiger partial charge in [0.1, 0.15) is 0 Å². The summed E-state index contributed by atoms with van der Waals surface area (Å²) in [5.74, 6) is 2.24. The van der Waals surface area contributed by atoms with Crippen molar-refractivity contribution >= 4 is 11.8 Å². The van der Waals surface area contributed by atoms with Crippen LogP contribution in [0.5, 0.6) is 0 Å². The monoisotopic (exact) mass is 284 g/mol. The number of hydrogen-bond acceptors (Lipinski definition) is 3. The van der Waals surface area contributed by atoms with Gasteiger partial charge in [0.2, 0.25) is 0 Å². The van der Waals surface area contributed by atoms with Crippen LogP contribution < -0.4 is 5.32 Å². The average molecular weight is 285 g/mol. The van der Waals surface area contributed by atoms with Crippen molar-refractivity contribution < 1.29 is 0 Å². The first-order chi connectivity index (χ1) is 9.33. The molecule has 19 heavy (non-hydrogen) atoms. The topological polar surface area (TPSA) is 15.3 Å². The van der Waals surface area contributed by atoms with Crippen LogP contribution in [0.4, 0.5) is 0 Å². The zero-order valence-electron chi connectivity index (χ0n) is 12.9. The molecule has 3 heteroatoms. The predicted molar refractivity (Wildman–Crippen MR) is 87.0 cm³/mol. The highest BCUT2D eigenvalue weighted by Crippen LogP contribution is 2.27. The second kappa shape index (κ2) is 8.53. The lowest BCUT2D eigenvalue weighted by molar-refractivity contribution is 0.198. The van der Waals surface area contributed by atoms with Gasteiger partial charge in [-0.3, -0.25) is 0 Å². The number of thioether (sulfide) groups is 1. The first kappa shape index (κ1) is 15.7. The summed E-state index contributed by atoms with van der Waals surface area (Å²) in [6.07, 6.45) is 8.51. The second-order valence-corrected chi connectivity index (χ2v) is 7.63. The molecule has 0 radical (unpaired) electrons. The first-order valence-electron chi connectivity index (χ1n) is 8.40. The molecule has 0 bridgehead atoms. The molecule has 2 rings (SSSR count). The number of rotatable bonds is 5. The first-order valence-corrected chi connectivity index (χ1v) is 9.45. The quantitative estimate of drug-likeness (QED) is 0.779. The summed E-state index contributed by atoms with van der Waals surface area (Å²) in [5.41, 5.74) is 0. The van der Waals surface area contributed by atoms with Crippen LogP contribution in [0.2, 0.25) is 0 Å². The van der Waals surface area contributed by atoms with Crippen LogP contribution in [-0.4, -0.2) is 48.1 Å². The molecule has 1 saturated carbocycles. The highest BCUT2D eigenvalue weighted by atomic mass is 32.2. The van der Waals surface area contributed by atoms with Gasteiger partial charge in [0, 0.05) is 36.7 Å². The Balaban J connectivity index is 1.86. The fraction of sp³-hybridized carbons (Fsp3) is 1.00. The molecule has 1 aliphatic carbocycles. The fourth-order valence-electron chi connectivity index (χ4n) is 3.66. The third-order valence-corrected chi connectivity index (χ3v) is 6.17. The third kappa shape index (κ3) is 4.95. The van der Waals surface area contributed by atoms with Crippen molar-refractivity contribution in [2.24, 2.45) is 5.92 Å². The van der Waals surface area contributed by atoms with Crippen LogP contribution in [0.15, 0.2) is 0 Å². The van der Waals surface area contributed by atoms with E-state index in [2.05, 4.69) is 35.8 Å². The minimum Gasteiger partial charge on any atom is -0.314 e. The Bertz CT molecular complexity index is 247. The molecular weight excluding hydrogens is 252 g/mol. The van der Waals surface area contributed by atoms with Gasteiger partial charge in [-0.2, -0.15) is 11.8 Å². The van der Waals surface area contributed by atoms with Crippen molar-refractivity contribution in [2.45, 2.75) is 63.7 Å². The Labute approximate surface area is 124 Å². The van der Waals surface area contributed by atoms with Gasteiger partial charge in [-0.25, -0.2) is 0 Å². The number of hydrogen-bond donors (Lipinski definition) is 1. The van der Waals surface area contributed by atoms with Crippen LogP contribution in [0.1, 0.15) is 52.4 Å². The van der Waals surface area contributed by atoms with Crippen molar-refractivity contribution in [2.75, 3.05) is 31.9 Å². The standard InChI is InChI=1S/C16H32N2S/c1-3-15-13-18(10-11-19-15)12-14-8-6-5-7-9-16(14)17-4-2/h14-17H,3-13H2,1-2H3. The minimum absolute atomic E-state index is 0.780. The summed E-state index contributed by atoms with van der Waals surface area (Å²) in [4.78, 5) is 2.75. The lowest BCUT2D eigenvalue weighted by Gasteiger charge is -2.36. The molecule has 3 unspecified atom stereocenters. The SMILES string of the molecule is CCNC1CCCCCC1CN1CCSC(CC)C1. The maximum absolute atomic E-state index is 3.76. The molecule has 0 amide bonds. The van der Waals surface area contributed by atoms with Crippen LogP contribution in [0, 0.1) is 5.92 Å². The van der Waals surface area contributed by atoms with Crippen LogP contribution >= 0.6 is 11.8 Å². The fourth-order valence-corrected chi connectivity index (χ4v) is 4.91. The van der Waals surface area contributed by atoms with E-state index in [0.717, 1.165) is 23.8 Å². The maximum Gasteiger partial charge on any atom is 0.0172 e. The Hall–Kier alpha value is 0.270. The molecule has 0 aromatic carbocycles. The van der Waals surface area contributed by atoms with E-state index in [1.807, 2.05) is 0 Å². The summed E-state index contributed by atoms with van der Waals surface area (Å²) < 4.78 is 0. The van der Waals surface area contributed by atoms with E-state index in [4.69, 9.17) is 0 Å². The summed E-state index contributed by atoms with van der Waals surface area (Å²) >= 11 is 2.19. The van der Waals surface area contributed by atoms with Crippen LogP contribution in [-0.2, 0) is 0 Å². The average Bonchev–Trinajstić information content (AvgIpc) is 2.65. The zero-order chi connectivity index (χ0) is 13.5. The summed E-state index contributed by atoms with van der Waals surface area (Å²) in [5, 5.41) is 4.64. The highest BCUT2D eigenvalue weighted by Gasteiger charge is 2.27. The van der Waals surface area contributed by atoms with Crippen LogP contribution in [0.3, 0.4) is 0 Å². The largest absolute Gasteiger partial charge is 0.314 e. The maximum atomic E-state index is 3.76. The van der Waals surface area contributed by atoms with Crippen molar-refractivity contribution in [3.05, 3.63) is 0 Å². The minimum atomic E-state index is 0.780. The van der Waals surface area contributed by atoms with E-state index in [1.165, 1.54) is 63.9 Å². The van der Waals surface area contributed by atoms with Gasteiger partial charge in [0.25, 0.3) is 0 Å². The summed E-state index contributed by atoms with van der Waals surface area (Å²) in [6, 6.07) is 0.780. The molecule has 0 spiro atoms. The molecule has 1 N–H and O–H groups in total. The molecule has 3 atom stereocenters. The molecule has 112 valence electrons. The summed E-state index contributed by atoms with van der Waals surface area (Å²) in [6.45, 7) is 9.72. The lowest BCUT2D eigenvalue weighted by Crippen LogP contribution is -2.45. The van der Waals surface area contributed by atoms with E-state index in [1.54, 1.807) is 0 Å². The van der Waals surface area contributed by atoms with Gasteiger partial charge in [-0.1, -0.05) is 33.1 Å². The number of nitrogens with one attached hydrogen (secondary N) is 1. The highest BCUT2D eigenvalue weighted by molar-refractivity contribution is 8.00. The third-order valence-electron chi connectivity index (χ3n) is 4.80. The van der Waals surface area contributed by atoms with Gasteiger partial charge >= 0.3 is 0 Å². The van der Waals surface area contributed by atoms with Crippen LogP contribution in [0.25, 0.3) is 0 Å². The Kier molecular flexibility index (Phi) is 7.03. The van der Waals surface area contributed by atoms with Gasteiger partial charge < -0.3 is 10.2 Å². The van der Waals surface area contributed by atoms with Gasteiger partial charge in [0.15, 0.2) is 0 Å². The van der Waals surface area contributed by atoms with Gasteiger partial charge in [-0.05, 0) is 31.7 Å². The molecular formula is C16H32N2S. The molecule has 1 saturated heterocycles. The molecule has 2 nitrogen and oxygen atoms in total. The van der Waals surface area contributed by atoms with E-state index >= 15 is 0 Å². The predicted octanol–water partition coefficient (Wildman–Crippen LogP) is 3.37. The molecule has 2 fully saturated rings. The van der Waals surface area contributed by atoms with Crippen molar-refractivity contribution in [3.63, 3.8) is 0 Å². The van der Waals surface area contributed by atoms with Crippen molar-refractivity contribution in [3.8, 4) is 0 Å². The molecule has 1 aliphatic heterocycles. The summed E-state index contributed by atoms with van der Waals surface area (Å²) in [7, 11) is 0. The molecule has 0 aromatic rings. The number of nitrogens with zero attached hydrogens (tertiary/aromatic N) is 1. The second-order valence-electron chi connectivity index (χ2n) is 6.22. The van der Waals surface area contributed by atoms with Gasteiger partial charge in [-0.15, -0.1) is 0 Å². The van der Waals surface area contributed by atoms with Crippen molar-refractivity contribution in [1.82, 2.24) is 10.2 Å². The van der Waals surface area contributed by atoms with E-state index in [9.17, 15) is 0 Å². The van der Waals surface area contributed by atoms with E-state index in [-0.39, 0.29) is 0 Å². The molecule has 0 aromatic heterocycles. The lowest BCUT2D eigenvalue weighted by atomic mass is 9.94. The molecule has 2 aliphatic rings. The van der Waals surface area contributed by atoms with E-state index < -0.39 is 0 Å². The Morgan fingerprint density at radius 2 is 2.00 bits per heavy atom. The normalized spacial score (nSPS) is 34.1. The Morgan fingerprint density at radius 1 is 1.16 bits per heavy atom. The zero-order valence-corrected chi connectivity index (χ0v) is 13.7. The van der Waals surface area contributed by atoms with Crippen molar-refractivity contribution in [1.29, 1.82) is 0 Å². The van der Waals surface area contributed by atoms with Gasteiger partial charge in [0.05, 0.1) is 0 Å². The van der Waals surface area contributed by atoms with E-state index in [0.29, 0.717) is 0 Å². The Morgan fingerprint density at radius 3 is 2.79 bits per heavy atom. The molecule has 1 heterocycles.